The van der Waals surface area contributed by atoms with Crippen molar-refractivity contribution in [1.82, 2.24) is 5.32 Å². The van der Waals surface area contributed by atoms with Gasteiger partial charge in [0, 0.05) is 12.5 Å². The average molecular weight is 524 g/mol. The number of aliphatic carboxylic acids is 1. The van der Waals surface area contributed by atoms with Crippen LogP contribution in [0.2, 0.25) is 0 Å². The molecule has 0 aliphatic carbocycles. The van der Waals surface area contributed by atoms with Crippen LogP contribution >= 0.6 is 15.9 Å². The first-order chi connectivity index (χ1) is 16.4. The SMILES string of the molecule is COc1cc(/C=C/C(=O)N[C@H](Cc2ccccc2)C(=O)O)cc(Br)c1OCc1ccc(C)cc1. The molecular weight excluding hydrogens is 498 g/mol. The van der Waals surface area contributed by atoms with E-state index in [1.54, 1.807) is 25.3 Å². The number of methoxy groups -OCH3 is 1. The van der Waals surface area contributed by atoms with Crippen molar-refractivity contribution in [2.24, 2.45) is 0 Å². The zero-order valence-electron chi connectivity index (χ0n) is 19.0. The highest BCUT2D eigenvalue weighted by Gasteiger charge is 2.19. The van der Waals surface area contributed by atoms with Crippen LogP contribution in [0.3, 0.4) is 0 Å². The predicted octanol–water partition coefficient (Wildman–Crippen LogP) is 5.17. The second kappa shape index (κ2) is 12.0. The van der Waals surface area contributed by atoms with Crippen LogP contribution in [0.5, 0.6) is 11.5 Å². The van der Waals surface area contributed by atoms with E-state index in [-0.39, 0.29) is 6.42 Å². The second-order valence-corrected chi connectivity index (χ2v) is 8.59. The number of carboxylic acid groups (broad SMARTS) is 1. The molecule has 3 aromatic carbocycles. The summed E-state index contributed by atoms with van der Waals surface area (Å²) in [6, 6.07) is 19.7. The van der Waals surface area contributed by atoms with Gasteiger partial charge < -0.3 is 19.9 Å². The molecule has 176 valence electrons. The Labute approximate surface area is 207 Å². The van der Waals surface area contributed by atoms with Gasteiger partial charge in [0.15, 0.2) is 11.5 Å². The third kappa shape index (κ3) is 7.22. The Balaban J connectivity index is 1.67. The number of benzene rings is 3. The number of rotatable bonds is 10. The normalized spacial score (nSPS) is 11.7. The van der Waals surface area contributed by atoms with Crippen LogP contribution in [0, 0.1) is 6.92 Å². The topological polar surface area (TPSA) is 84.9 Å². The molecule has 0 aliphatic heterocycles. The number of ether oxygens (including phenoxy) is 2. The zero-order chi connectivity index (χ0) is 24.5. The standard InChI is InChI=1S/C27H26BrNO5/c1-18-8-10-20(11-9-18)17-34-26-22(28)14-21(16-24(26)33-2)12-13-25(30)29-23(27(31)32)15-19-6-4-3-5-7-19/h3-14,16,23H,15,17H2,1-2H3,(H,29,30)(H,31,32)/b13-12+/t23-/m1/s1. The van der Waals surface area contributed by atoms with Gasteiger partial charge in [0.25, 0.3) is 0 Å². The molecule has 0 saturated carbocycles. The van der Waals surface area contributed by atoms with E-state index >= 15 is 0 Å². The minimum absolute atomic E-state index is 0.197. The summed E-state index contributed by atoms with van der Waals surface area (Å²) in [7, 11) is 1.54. The Kier molecular flexibility index (Phi) is 8.87. The number of carbonyl (C=O) groups excluding carboxylic acids is 1. The molecule has 0 heterocycles. The number of halogens is 1. The van der Waals surface area contributed by atoms with Crippen molar-refractivity contribution in [2.75, 3.05) is 7.11 Å². The van der Waals surface area contributed by atoms with Gasteiger partial charge in [0.2, 0.25) is 5.91 Å². The first kappa shape index (κ1) is 25.1. The van der Waals surface area contributed by atoms with E-state index in [2.05, 4.69) is 21.2 Å². The fourth-order valence-electron chi connectivity index (χ4n) is 3.26. The summed E-state index contributed by atoms with van der Waals surface area (Å²) in [6.45, 7) is 2.41. The van der Waals surface area contributed by atoms with Gasteiger partial charge in [-0.15, -0.1) is 0 Å². The lowest BCUT2D eigenvalue weighted by molar-refractivity contribution is -0.141. The Morgan fingerprint density at radius 1 is 1.06 bits per heavy atom. The van der Waals surface area contributed by atoms with Crippen LogP contribution in [0.25, 0.3) is 6.08 Å². The third-order valence-corrected chi connectivity index (χ3v) is 5.67. The van der Waals surface area contributed by atoms with Crippen molar-refractivity contribution >= 4 is 33.9 Å². The van der Waals surface area contributed by atoms with Gasteiger partial charge in [-0.2, -0.15) is 0 Å². The number of aryl methyl sites for hydroxylation is 1. The van der Waals surface area contributed by atoms with Gasteiger partial charge in [0.1, 0.15) is 12.6 Å². The minimum Gasteiger partial charge on any atom is -0.493 e. The van der Waals surface area contributed by atoms with Gasteiger partial charge in [-0.25, -0.2) is 4.79 Å². The monoisotopic (exact) mass is 523 g/mol. The lowest BCUT2D eigenvalue weighted by atomic mass is 10.1. The van der Waals surface area contributed by atoms with Crippen molar-refractivity contribution in [1.29, 1.82) is 0 Å². The molecule has 0 saturated heterocycles. The summed E-state index contributed by atoms with van der Waals surface area (Å²) in [4.78, 5) is 24.0. The molecule has 0 unspecified atom stereocenters. The summed E-state index contributed by atoms with van der Waals surface area (Å²) in [5.41, 5.74) is 3.73. The maximum Gasteiger partial charge on any atom is 0.326 e. The van der Waals surface area contributed by atoms with Crippen LogP contribution in [-0.4, -0.2) is 30.1 Å². The molecule has 1 atom stereocenters. The van der Waals surface area contributed by atoms with E-state index in [4.69, 9.17) is 9.47 Å². The van der Waals surface area contributed by atoms with E-state index in [1.165, 1.54) is 11.6 Å². The van der Waals surface area contributed by atoms with Gasteiger partial charge in [0.05, 0.1) is 11.6 Å². The molecule has 3 rings (SSSR count). The third-order valence-electron chi connectivity index (χ3n) is 5.08. The molecular formula is C27H26BrNO5. The van der Waals surface area contributed by atoms with Gasteiger partial charge in [-0.05, 0) is 57.8 Å². The highest BCUT2D eigenvalue weighted by Crippen LogP contribution is 2.37. The zero-order valence-corrected chi connectivity index (χ0v) is 20.5. The summed E-state index contributed by atoms with van der Waals surface area (Å²) < 4.78 is 12.1. The number of hydrogen-bond donors (Lipinski definition) is 2. The molecule has 3 aromatic rings. The van der Waals surface area contributed by atoms with E-state index in [0.717, 1.165) is 11.1 Å². The van der Waals surface area contributed by atoms with E-state index in [9.17, 15) is 14.7 Å². The smallest absolute Gasteiger partial charge is 0.326 e. The Hall–Kier alpha value is -3.58. The van der Waals surface area contributed by atoms with E-state index in [1.807, 2.05) is 61.5 Å². The maximum absolute atomic E-state index is 12.4. The van der Waals surface area contributed by atoms with Crippen molar-refractivity contribution in [2.45, 2.75) is 26.0 Å². The average Bonchev–Trinajstić information content (AvgIpc) is 2.83. The van der Waals surface area contributed by atoms with E-state index in [0.29, 0.717) is 28.1 Å². The minimum atomic E-state index is -1.09. The Bertz CT molecular complexity index is 1160. The van der Waals surface area contributed by atoms with Gasteiger partial charge in [-0.3, -0.25) is 4.79 Å². The predicted molar refractivity (Wildman–Crippen MR) is 135 cm³/mol. The largest absolute Gasteiger partial charge is 0.493 e. The number of nitrogens with one attached hydrogen (secondary N) is 1. The number of amides is 1. The molecule has 1 amide bonds. The number of hydrogen-bond acceptors (Lipinski definition) is 4. The summed E-state index contributed by atoms with van der Waals surface area (Å²) in [5.74, 6) is -0.532. The fourth-order valence-corrected chi connectivity index (χ4v) is 3.83. The molecule has 0 radical (unpaired) electrons. The first-order valence-corrected chi connectivity index (χ1v) is 11.5. The van der Waals surface area contributed by atoms with Crippen LogP contribution in [0.15, 0.2) is 77.3 Å². The number of carbonyl (C=O) groups is 2. The fraction of sp³-hybridized carbons (Fsp3) is 0.185. The summed E-state index contributed by atoms with van der Waals surface area (Å²) >= 11 is 3.51. The molecule has 0 fully saturated rings. The van der Waals surface area contributed by atoms with Crippen molar-refractivity contribution in [3.8, 4) is 11.5 Å². The first-order valence-electron chi connectivity index (χ1n) is 10.7. The quantitative estimate of drug-likeness (QED) is 0.358. The molecule has 34 heavy (non-hydrogen) atoms. The van der Waals surface area contributed by atoms with Crippen LogP contribution in [0.4, 0.5) is 0 Å². The lowest BCUT2D eigenvalue weighted by Crippen LogP contribution is -2.41. The second-order valence-electron chi connectivity index (χ2n) is 7.73. The maximum atomic E-state index is 12.4. The highest BCUT2D eigenvalue weighted by atomic mass is 79.9. The Morgan fingerprint density at radius 2 is 1.76 bits per heavy atom. The van der Waals surface area contributed by atoms with Crippen molar-refractivity contribution < 1.29 is 24.2 Å². The number of carboxylic acids is 1. The Morgan fingerprint density at radius 3 is 2.41 bits per heavy atom. The summed E-state index contributed by atoms with van der Waals surface area (Å²) in [6.07, 6.45) is 3.09. The van der Waals surface area contributed by atoms with Gasteiger partial charge in [-0.1, -0.05) is 60.2 Å². The molecule has 7 heteroatoms. The molecule has 0 spiro atoms. The highest BCUT2D eigenvalue weighted by molar-refractivity contribution is 9.10. The molecule has 2 N–H and O–H groups in total. The molecule has 0 aliphatic rings. The van der Waals surface area contributed by atoms with E-state index < -0.39 is 17.9 Å². The van der Waals surface area contributed by atoms with Crippen LogP contribution < -0.4 is 14.8 Å². The van der Waals surface area contributed by atoms with Crippen LogP contribution in [0.1, 0.15) is 22.3 Å². The van der Waals surface area contributed by atoms with Crippen molar-refractivity contribution in [3.05, 3.63) is 99.5 Å². The summed E-state index contributed by atoms with van der Waals surface area (Å²) in [5, 5.41) is 12.0. The van der Waals surface area contributed by atoms with Crippen molar-refractivity contribution in [3.63, 3.8) is 0 Å². The molecule has 6 nitrogen and oxygen atoms in total. The molecule has 0 bridgehead atoms. The van der Waals surface area contributed by atoms with Crippen LogP contribution in [-0.2, 0) is 22.6 Å². The lowest BCUT2D eigenvalue weighted by Gasteiger charge is -2.14. The van der Waals surface area contributed by atoms with Gasteiger partial charge >= 0.3 is 5.97 Å². The molecule has 0 aromatic heterocycles.